The number of phenols is 1. The van der Waals surface area contributed by atoms with E-state index >= 15 is 0 Å². The smallest absolute Gasteiger partial charge is 0.257 e. The first-order chi connectivity index (χ1) is 10.6. The molecule has 1 amide bonds. The predicted molar refractivity (Wildman–Crippen MR) is 77.7 cm³/mol. The van der Waals surface area contributed by atoms with Crippen molar-refractivity contribution in [2.75, 3.05) is 19.7 Å². The highest BCUT2D eigenvalue weighted by molar-refractivity contribution is 5.97. The van der Waals surface area contributed by atoms with Gasteiger partial charge in [0.2, 0.25) is 0 Å². The number of aromatic hydroxyl groups is 1. The summed E-state index contributed by atoms with van der Waals surface area (Å²) in [6.45, 7) is 0.246. The molecule has 2 aromatic rings. The van der Waals surface area contributed by atoms with Crippen molar-refractivity contribution in [3.05, 3.63) is 42.5 Å². The first-order valence-electron chi connectivity index (χ1n) is 6.99. The summed E-state index contributed by atoms with van der Waals surface area (Å²) in [5.41, 5.74) is 0.870. The molecule has 0 bridgehead atoms. The number of likely N-dealkylation sites (tertiary alicyclic amines) is 1. The zero-order chi connectivity index (χ0) is 15.7. The lowest BCUT2D eigenvalue weighted by Gasteiger charge is -2.17. The van der Waals surface area contributed by atoms with Crippen molar-refractivity contribution in [3.63, 3.8) is 0 Å². The van der Waals surface area contributed by atoms with E-state index in [0.29, 0.717) is 5.69 Å². The Morgan fingerprint density at radius 2 is 2.18 bits per heavy atom. The van der Waals surface area contributed by atoms with Crippen molar-refractivity contribution in [1.29, 1.82) is 0 Å². The molecule has 2 heterocycles. The number of phenolic OH excluding ortho intramolecular Hbond substituents is 1. The van der Waals surface area contributed by atoms with Gasteiger partial charge in [-0.2, -0.15) is 0 Å². The number of nitrogens with zero attached hydrogens (tertiary/aromatic N) is 3. The third kappa shape index (κ3) is 2.56. The summed E-state index contributed by atoms with van der Waals surface area (Å²) in [6, 6.07) is 4.72. The number of carbonyl (C=O) groups excluding carboxylic acids is 1. The first-order valence-corrected chi connectivity index (χ1v) is 6.99. The maximum atomic E-state index is 12.5. The molecule has 7 heteroatoms. The molecule has 2 unspecified atom stereocenters. The molecule has 0 spiro atoms. The molecule has 7 nitrogen and oxygen atoms in total. The Labute approximate surface area is 127 Å². The topological polar surface area (TPSA) is 98.8 Å². The van der Waals surface area contributed by atoms with Crippen molar-refractivity contribution in [2.45, 2.75) is 6.10 Å². The minimum Gasteiger partial charge on any atom is -0.507 e. The number of imidazole rings is 1. The summed E-state index contributed by atoms with van der Waals surface area (Å²) in [5.74, 6) is -0.826. The fraction of sp³-hybridized carbons (Fsp3) is 0.333. The number of β-amino-alcohol motifs (C(OH)–C–C–N with tert-alkyl or cyclic N) is 1. The van der Waals surface area contributed by atoms with E-state index < -0.39 is 6.10 Å². The highest BCUT2D eigenvalue weighted by atomic mass is 16.3. The number of carbonyl (C=O) groups is 1. The largest absolute Gasteiger partial charge is 0.507 e. The number of benzene rings is 1. The van der Waals surface area contributed by atoms with Gasteiger partial charge in [-0.1, -0.05) is 0 Å². The number of rotatable bonds is 3. The van der Waals surface area contributed by atoms with Crippen molar-refractivity contribution in [2.24, 2.45) is 5.92 Å². The molecule has 0 aliphatic carbocycles. The summed E-state index contributed by atoms with van der Waals surface area (Å²) >= 11 is 0. The van der Waals surface area contributed by atoms with Gasteiger partial charge in [0, 0.05) is 37.1 Å². The van der Waals surface area contributed by atoms with Crippen LogP contribution in [0.5, 0.6) is 5.75 Å². The lowest BCUT2D eigenvalue weighted by atomic mass is 10.1. The van der Waals surface area contributed by atoms with Gasteiger partial charge in [-0.25, -0.2) is 4.98 Å². The minimum atomic E-state index is -0.743. The van der Waals surface area contributed by atoms with Gasteiger partial charge in [0.15, 0.2) is 0 Å². The molecule has 3 rings (SSSR count). The number of aliphatic hydroxyl groups excluding tert-OH is 2. The van der Waals surface area contributed by atoms with Gasteiger partial charge in [0.05, 0.1) is 24.6 Å². The molecule has 1 aliphatic heterocycles. The molecule has 1 aromatic carbocycles. The van der Waals surface area contributed by atoms with E-state index in [1.807, 2.05) is 0 Å². The normalized spacial score (nSPS) is 21.3. The molecule has 1 aliphatic rings. The van der Waals surface area contributed by atoms with Crippen molar-refractivity contribution in [1.82, 2.24) is 14.5 Å². The number of hydrogen-bond acceptors (Lipinski definition) is 5. The maximum Gasteiger partial charge on any atom is 0.257 e. The Morgan fingerprint density at radius 1 is 1.36 bits per heavy atom. The predicted octanol–water partition coefficient (Wildman–Crippen LogP) is 0.00310. The minimum absolute atomic E-state index is 0.115. The molecule has 2 atom stereocenters. The van der Waals surface area contributed by atoms with Crippen LogP contribution in [0.3, 0.4) is 0 Å². The average Bonchev–Trinajstić information content (AvgIpc) is 3.16. The van der Waals surface area contributed by atoms with Crippen molar-refractivity contribution in [3.8, 4) is 11.4 Å². The van der Waals surface area contributed by atoms with Crippen LogP contribution >= 0.6 is 0 Å². The van der Waals surface area contributed by atoms with E-state index in [-0.39, 0.29) is 42.8 Å². The lowest BCUT2D eigenvalue weighted by Crippen LogP contribution is -2.29. The van der Waals surface area contributed by atoms with E-state index in [9.17, 15) is 20.1 Å². The summed E-state index contributed by atoms with van der Waals surface area (Å²) in [4.78, 5) is 17.9. The second kappa shape index (κ2) is 5.78. The third-order valence-corrected chi connectivity index (χ3v) is 3.94. The number of aromatic nitrogens is 2. The van der Waals surface area contributed by atoms with Crippen LogP contribution in [0.2, 0.25) is 0 Å². The van der Waals surface area contributed by atoms with E-state index in [1.165, 1.54) is 11.0 Å². The van der Waals surface area contributed by atoms with Gasteiger partial charge >= 0.3 is 0 Å². The number of hydrogen-bond donors (Lipinski definition) is 3. The van der Waals surface area contributed by atoms with E-state index in [4.69, 9.17) is 0 Å². The average molecular weight is 303 g/mol. The molecule has 0 saturated carbocycles. The van der Waals surface area contributed by atoms with Gasteiger partial charge < -0.3 is 24.8 Å². The quantitative estimate of drug-likeness (QED) is 0.741. The fourth-order valence-corrected chi connectivity index (χ4v) is 2.64. The van der Waals surface area contributed by atoms with Crippen LogP contribution in [-0.4, -0.2) is 61.5 Å². The van der Waals surface area contributed by atoms with Crippen LogP contribution in [0.25, 0.3) is 5.69 Å². The summed E-state index contributed by atoms with van der Waals surface area (Å²) in [5, 5.41) is 28.9. The molecule has 22 heavy (non-hydrogen) atoms. The van der Waals surface area contributed by atoms with Crippen LogP contribution in [0.15, 0.2) is 36.9 Å². The van der Waals surface area contributed by atoms with Crippen molar-refractivity contribution >= 4 is 5.91 Å². The molecule has 1 saturated heterocycles. The molecule has 3 N–H and O–H groups in total. The standard InChI is InChI=1S/C15H17N3O4/c19-8-10-6-18(7-14(10)21)15(22)12-5-11(1-2-13(12)20)17-4-3-16-9-17/h1-5,9-10,14,19-21H,6-8H2. The van der Waals surface area contributed by atoms with Crippen LogP contribution < -0.4 is 0 Å². The molecule has 116 valence electrons. The van der Waals surface area contributed by atoms with Crippen LogP contribution in [0.1, 0.15) is 10.4 Å². The summed E-state index contributed by atoms with van der Waals surface area (Å²) < 4.78 is 1.73. The van der Waals surface area contributed by atoms with Crippen LogP contribution in [0.4, 0.5) is 0 Å². The fourth-order valence-electron chi connectivity index (χ4n) is 2.64. The Balaban J connectivity index is 1.88. The Kier molecular flexibility index (Phi) is 3.82. The number of aliphatic hydroxyl groups is 2. The SMILES string of the molecule is O=C(c1cc(-n2ccnc2)ccc1O)N1CC(O)C(CO)C1. The highest BCUT2D eigenvalue weighted by Crippen LogP contribution is 2.25. The van der Waals surface area contributed by atoms with Gasteiger partial charge in [0.1, 0.15) is 5.75 Å². The molecule has 0 radical (unpaired) electrons. The van der Waals surface area contributed by atoms with Gasteiger partial charge in [-0.05, 0) is 18.2 Å². The molecule has 1 aromatic heterocycles. The van der Waals surface area contributed by atoms with Gasteiger partial charge in [0.25, 0.3) is 5.91 Å². The summed E-state index contributed by atoms with van der Waals surface area (Å²) in [7, 11) is 0. The van der Waals surface area contributed by atoms with Crippen LogP contribution in [0, 0.1) is 5.92 Å². The Morgan fingerprint density at radius 3 is 2.82 bits per heavy atom. The second-order valence-corrected chi connectivity index (χ2v) is 5.39. The molecule has 1 fully saturated rings. The first kappa shape index (κ1) is 14.6. The van der Waals surface area contributed by atoms with Crippen LogP contribution in [-0.2, 0) is 0 Å². The van der Waals surface area contributed by atoms with Gasteiger partial charge in [-0.15, -0.1) is 0 Å². The lowest BCUT2D eigenvalue weighted by molar-refractivity contribution is 0.0760. The summed E-state index contributed by atoms with van der Waals surface area (Å²) in [6.07, 6.45) is 4.22. The second-order valence-electron chi connectivity index (χ2n) is 5.39. The highest BCUT2D eigenvalue weighted by Gasteiger charge is 2.34. The monoisotopic (exact) mass is 303 g/mol. The zero-order valence-corrected chi connectivity index (χ0v) is 11.8. The molecular weight excluding hydrogens is 286 g/mol. The maximum absolute atomic E-state index is 12.5. The Hall–Kier alpha value is -2.38. The van der Waals surface area contributed by atoms with E-state index in [2.05, 4.69) is 4.98 Å². The molecular formula is C15H17N3O4. The third-order valence-electron chi connectivity index (χ3n) is 3.94. The Bertz CT molecular complexity index is 671. The van der Waals surface area contributed by atoms with Crippen molar-refractivity contribution < 1.29 is 20.1 Å². The van der Waals surface area contributed by atoms with E-state index in [1.54, 1.807) is 35.4 Å². The zero-order valence-electron chi connectivity index (χ0n) is 11.8. The van der Waals surface area contributed by atoms with E-state index in [0.717, 1.165) is 0 Å². The number of amides is 1. The van der Waals surface area contributed by atoms with Gasteiger partial charge in [-0.3, -0.25) is 4.79 Å².